The van der Waals surface area contributed by atoms with E-state index in [1.165, 1.54) is 32.1 Å². The van der Waals surface area contributed by atoms with E-state index in [2.05, 4.69) is 89.4 Å². The fraction of sp³-hybridized carbons (Fsp3) is 0.914. The maximum atomic E-state index is 6.83. The summed E-state index contributed by atoms with van der Waals surface area (Å²) in [6.07, 6.45) is 15.0. The largest absolute Gasteiger partial charge is 0.338 e. The van der Waals surface area contributed by atoms with Gasteiger partial charge in [0.05, 0.1) is 6.10 Å². The predicted molar refractivity (Wildman–Crippen MR) is 185 cm³/mol. The molecule has 3 heterocycles. The molecule has 0 radical (unpaired) electrons. The Bertz CT molecular complexity index is 1040. The Hall–Kier alpha value is -1.22. The number of anilines is 2. The zero-order valence-electron chi connectivity index (χ0n) is 29.8. The summed E-state index contributed by atoms with van der Waals surface area (Å²) < 4.78 is 0. The molecule has 252 valence electrons. The van der Waals surface area contributed by atoms with Gasteiger partial charge in [-0.15, -0.1) is 0 Å². The summed E-state index contributed by atoms with van der Waals surface area (Å²) in [5.74, 6) is 1.45. The number of nitrogens with zero attached hydrogens (tertiary/aromatic N) is 6. The summed E-state index contributed by atoms with van der Waals surface area (Å²) in [6, 6.07) is 0.589. The first-order valence-corrected chi connectivity index (χ1v) is 18.1. The van der Waals surface area contributed by atoms with E-state index in [0.29, 0.717) is 12.1 Å². The zero-order valence-corrected chi connectivity index (χ0v) is 30.6. The quantitative estimate of drug-likeness (QED) is 0.246. The van der Waals surface area contributed by atoms with Crippen LogP contribution in [0.5, 0.6) is 0 Å². The lowest BCUT2D eigenvalue weighted by Gasteiger charge is -2.56. The van der Waals surface area contributed by atoms with Gasteiger partial charge < -0.3 is 15.1 Å². The van der Waals surface area contributed by atoms with Crippen molar-refractivity contribution in [1.29, 1.82) is 0 Å². The molecule has 0 spiro atoms. The van der Waals surface area contributed by atoms with Gasteiger partial charge in [0.2, 0.25) is 17.2 Å². The molecular weight excluding hydrogens is 570 g/mol. The highest BCUT2D eigenvalue weighted by Crippen LogP contribution is 2.43. The van der Waals surface area contributed by atoms with E-state index in [1.807, 2.05) is 0 Å². The molecule has 1 saturated carbocycles. The van der Waals surface area contributed by atoms with Crippen molar-refractivity contribution in [2.24, 2.45) is 0 Å². The van der Waals surface area contributed by atoms with Gasteiger partial charge in [0.1, 0.15) is 0 Å². The van der Waals surface area contributed by atoms with E-state index < -0.39 is 0 Å². The van der Waals surface area contributed by atoms with Gasteiger partial charge in [0.25, 0.3) is 0 Å². The number of halogens is 1. The van der Waals surface area contributed by atoms with Crippen molar-refractivity contribution in [3.8, 4) is 0 Å². The molecule has 3 fully saturated rings. The molecule has 4 rings (SSSR count). The number of unbranched alkanes of at least 4 members (excludes halogenated alkanes) is 2. The fourth-order valence-electron chi connectivity index (χ4n) is 8.66. The Morgan fingerprint density at radius 1 is 0.727 bits per heavy atom. The second-order valence-corrected chi connectivity index (χ2v) is 16.9. The Balaban J connectivity index is 1.66. The molecule has 3 aliphatic rings. The topological polar surface area (TPSA) is 69.7 Å². The van der Waals surface area contributed by atoms with E-state index in [-0.39, 0.29) is 33.5 Å². The van der Waals surface area contributed by atoms with Crippen LogP contribution in [0.4, 0.5) is 11.9 Å². The summed E-state index contributed by atoms with van der Waals surface area (Å²) in [5, 5.41) is 6.49. The molecule has 8 nitrogen and oxygen atoms in total. The molecular formula is C35H64ClN7O. The molecule has 0 aromatic carbocycles. The van der Waals surface area contributed by atoms with Crippen LogP contribution in [0.2, 0.25) is 5.28 Å². The lowest BCUT2D eigenvalue weighted by molar-refractivity contribution is -0.310. The standard InChI is InChI=1S/C35H64ClN7O/c1-11-13-20-41(26-22-32(3,4)40-33(5,6)23-26)30-37-29(36)38-31(39-30)42(21-14-12-2)27-24-34(7,8)43(35(9,10)25-27)44-28-18-16-15-17-19-28/h26-28,40H,11-25H2,1-10H3. The highest BCUT2D eigenvalue weighted by Gasteiger charge is 2.49. The molecule has 9 heteroatoms. The molecule has 0 amide bonds. The van der Waals surface area contributed by atoms with Gasteiger partial charge in [-0.05, 0) is 118 Å². The van der Waals surface area contributed by atoms with E-state index in [1.54, 1.807) is 0 Å². The highest BCUT2D eigenvalue weighted by atomic mass is 35.5. The molecule has 0 bridgehead atoms. The molecule has 1 aliphatic carbocycles. The summed E-state index contributed by atoms with van der Waals surface area (Å²) in [6.45, 7) is 25.0. The minimum atomic E-state index is -0.132. The average molecular weight is 634 g/mol. The van der Waals surface area contributed by atoms with Gasteiger partial charge in [-0.25, -0.2) is 0 Å². The van der Waals surface area contributed by atoms with Crippen LogP contribution in [0.1, 0.15) is 153 Å². The number of hydrogen-bond acceptors (Lipinski definition) is 8. The van der Waals surface area contributed by atoms with Crippen LogP contribution in [0.15, 0.2) is 0 Å². The second kappa shape index (κ2) is 14.3. The summed E-state index contributed by atoms with van der Waals surface area (Å²) in [7, 11) is 0. The molecule has 0 atom stereocenters. The number of aromatic nitrogens is 3. The van der Waals surface area contributed by atoms with Crippen LogP contribution in [0.25, 0.3) is 0 Å². The zero-order chi connectivity index (χ0) is 32.3. The van der Waals surface area contributed by atoms with Crippen molar-refractivity contribution in [3.63, 3.8) is 0 Å². The lowest BCUT2D eigenvalue weighted by atomic mass is 9.78. The maximum absolute atomic E-state index is 6.83. The van der Waals surface area contributed by atoms with Crippen molar-refractivity contribution in [3.05, 3.63) is 5.28 Å². The van der Waals surface area contributed by atoms with Crippen LogP contribution < -0.4 is 15.1 Å². The SMILES string of the molecule is CCCCN(c1nc(Cl)nc(N(CCCC)C2CC(C)(C)N(OC3CCCCC3)C(C)(C)C2)n1)C1CC(C)(C)NC(C)(C)C1. The van der Waals surface area contributed by atoms with Crippen molar-refractivity contribution >= 4 is 23.5 Å². The first-order valence-electron chi connectivity index (χ1n) is 17.8. The molecule has 1 aromatic rings. The number of piperidine rings is 2. The molecule has 2 saturated heterocycles. The summed E-state index contributed by atoms with van der Waals surface area (Å²) in [4.78, 5) is 26.6. The Morgan fingerprint density at radius 3 is 1.64 bits per heavy atom. The van der Waals surface area contributed by atoms with Crippen LogP contribution in [0.3, 0.4) is 0 Å². The Labute approximate surface area is 274 Å². The minimum absolute atomic E-state index is 0.0224. The van der Waals surface area contributed by atoms with Crippen LogP contribution in [-0.4, -0.2) is 73.4 Å². The molecule has 44 heavy (non-hydrogen) atoms. The summed E-state index contributed by atoms with van der Waals surface area (Å²) >= 11 is 6.78. The third-order valence-electron chi connectivity index (χ3n) is 10.0. The first-order chi connectivity index (χ1) is 20.6. The van der Waals surface area contributed by atoms with Crippen molar-refractivity contribution < 1.29 is 4.84 Å². The molecule has 1 aromatic heterocycles. The van der Waals surface area contributed by atoms with Crippen molar-refractivity contribution in [2.75, 3.05) is 22.9 Å². The summed E-state index contributed by atoms with van der Waals surface area (Å²) in [5.41, 5.74) is -0.218. The van der Waals surface area contributed by atoms with Gasteiger partial charge >= 0.3 is 0 Å². The highest BCUT2D eigenvalue weighted by molar-refractivity contribution is 6.28. The van der Waals surface area contributed by atoms with Crippen LogP contribution >= 0.6 is 11.6 Å². The van der Waals surface area contributed by atoms with Gasteiger partial charge in [-0.2, -0.15) is 20.0 Å². The van der Waals surface area contributed by atoms with Gasteiger partial charge in [-0.1, -0.05) is 46.0 Å². The molecule has 2 aliphatic heterocycles. The van der Waals surface area contributed by atoms with Gasteiger partial charge in [0, 0.05) is 47.3 Å². The third kappa shape index (κ3) is 8.98. The van der Waals surface area contributed by atoms with E-state index in [4.69, 9.17) is 31.4 Å². The average Bonchev–Trinajstić information content (AvgIpc) is 2.89. The Morgan fingerprint density at radius 2 is 1.18 bits per heavy atom. The Kier molecular flexibility index (Phi) is 11.6. The van der Waals surface area contributed by atoms with Crippen molar-refractivity contribution in [1.82, 2.24) is 25.3 Å². The van der Waals surface area contributed by atoms with E-state index >= 15 is 0 Å². The molecule has 1 N–H and O–H groups in total. The van der Waals surface area contributed by atoms with Gasteiger partial charge in [0.15, 0.2) is 0 Å². The van der Waals surface area contributed by atoms with E-state index in [0.717, 1.165) is 76.4 Å². The molecule has 0 unspecified atom stereocenters. The number of rotatable bonds is 12. The lowest BCUT2D eigenvalue weighted by Crippen LogP contribution is -2.65. The number of hydroxylamine groups is 2. The van der Waals surface area contributed by atoms with Crippen molar-refractivity contribution in [2.45, 2.75) is 193 Å². The number of nitrogens with one attached hydrogen (secondary N) is 1. The van der Waals surface area contributed by atoms with Crippen LogP contribution in [0, 0.1) is 0 Å². The normalized spacial score (nSPS) is 24.3. The van der Waals surface area contributed by atoms with E-state index in [9.17, 15) is 0 Å². The smallest absolute Gasteiger partial charge is 0.231 e. The monoisotopic (exact) mass is 633 g/mol. The minimum Gasteiger partial charge on any atom is -0.338 e. The van der Waals surface area contributed by atoms with Crippen LogP contribution in [-0.2, 0) is 4.84 Å². The first kappa shape index (κ1) is 35.6. The maximum Gasteiger partial charge on any atom is 0.231 e. The van der Waals surface area contributed by atoms with Gasteiger partial charge in [-0.3, -0.25) is 4.84 Å². The fourth-order valence-corrected chi connectivity index (χ4v) is 8.81. The number of hydrogen-bond donors (Lipinski definition) is 1. The predicted octanol–water partition coefficient (Wildman–Crippen LogP) is 8.33. The third-order valence-corrected chi connectivity index (χ3v) is 10.2. The second-order valence-electron chi connectivity index (χ2n) is 16.6.